The molecule has 1 saturated heterocycles. The van der Waals surface area contributed by atoms with Crippen LogP contribution in [0.25, 0.3) is 0 Å². The number of aromatic nitrogens is 1. The molecule has 3 rings (SSSR count). The summed E-state index contributed by atoms with van der Waals surface area (Å²) >= 11 is 0. The number of rotatable bonds is 9. The molecule has 1 atom stereocenters. The highest BCUT2D eigenvalue weighted by Gasteiger charge is 2.35. The van der Waals surface area contributed by atoms with Crippen LogP contribution in [0, 0.1) is 0 Å². The number of aromatic carboxylic acids is 1. The zero-order valence-electron chi connectivity index (χ0n) is 16.8. The minimum Gasteiger partial charge on any atom is -0.478 e. The monoisotopic (exact) mass is 416 g/mol. The van der Waals surface area contributed by atoms with E-state index in [4.69, 9.17) is 0 Å². The summed E-state index contributed by atoms with van der Waals surface area (Å²) in [7, 11) is -3.32. The lowest BCUT2D eigenvalue weighted by molar-refractivity contribution is 0.0695. The Balaban J connectivity index is 1.81. The van der Waals surface area contributed by atoms with Crippen molar-refractivity contribution in [2.45, 2.75) is 51.5 Å². The summed E-state index contributed by atoms with van der Waals surface area (Å²) in [5, 5.41) is 9.54. The molecule has 0 radical (unpaired) electrons. The van der Waals surface area contributed by atoms with Gasteiger partial charge in [-0.2, -0.15) is 4.31 Å². The molecule has 0 amide bonds. The van der Waals surface area contributed by atoms with Gasteiger partial charge in [-0.15, -0.1) is 0 Å². The molecule has 1 aliphatic heterocycles. The van der Waals surface area contributed by atoms with Gasteiger partial charge in [-0.25, -0.2) is 13.2 Å². The fourth-order valence-corrected chi connectivity index (χ4v) is 5.70. The third-order valence-electron chi connectivity index (χ3n) is 5.31. The lowest BCUT2D eigenvalue weighted by Gasteiger charge is -2.24. The van der Waals surface area contributed by atoms with Gasteiger partial charge in [0.25, 0.3) is 0 Å². The molecule has 1 aliphatic rings. The standard InChI is InChI=1S/C22H28N2O4S/c1-2-16-29(27,28)24-15-7-12-21(24)20-14-13-18(22(25)26)19(23-20)11-6-10-17-8-4-3-5-9-17/h3-5,8-9,13-14,21H,2,6-7,10-12,15-16H2,1H3,(H,25,26). The van der Waals surface area contributed by atoms with Crippen molar-refractivity contribution in [2.75, 3.05) is 12.3 Å². The van der Waals surface area contributed by atoms with Gasteiger partial charge in [0.15, 0.2) is 0 Å². The van der Waals surface area contributed by atoms with Crippen LogP contribution in [0.15, 0.2) is 42.5 Å². The van der Waals surface area contributed by atoms with Crippen LogP contribution in [-0.2, 0) is 22.9 Å². The largest absolute Gasteiger partial charge is 0.478 e. The molecule has 6 nitrogen and oxygen atoms in total. The van der Waals surface area contributed by atoms with E-state index in [9.17, 15) is 18.3 Å². The number of carboxylic acids is 1. The summed E-state index contributed by atoms with van der Waals surface area (Å²) in [5.74, 6) is -0.874. The van der Waals surface area contributed by atoms with E-state index in [1.807, 2.05) is 25.1 Å². The molecule has 7 heteroatoms. The van der Waals surface area contributed by atoms with Crippen molar-refractivity contribution in [3.05, 3.63) is 65.0 Å². The number of sulfonamides is 1. The fourth-order valence-electron chi connectivity index (χ4n) is 3.94. The van der Waals surface area contributed by atoms with Crippen molar-refractivity contribution in [1.82, 2.24) is 9.29 Å². The van der Waals surface area contributed by atoms with Gasteiger partial charge in [0.05, 0.1) is 28.7 Å². The minimum absolute atomic E-state index is 0.126. The molecule has 1 fully saturated rings. The Morgan fingerprint density at radius 2 is 1.93 bits per heavy atom. The third kappa shape index (κ3) is 5.22. The van der Waals surface area contributed by atoms with Gasteiger partial charge >= 0.3 is 5.97 Å². The second-order valence-electron chi connectivity index (χ2n) is 7.46. The topological polar surface area (TPSA) is 87.6 Å². The predicted octanol–water partition coefficient (Wildman–Crippen LogP) is 3.83. The number of carbonyl (C=O) groups is 1. The van der Waals surface area contributed by atoms with Crippen molar-refractivity contribution in [2.24, 2.45) is 0 Å². The zero-order chi connectivity index (χ0) is 20.9. The number of hydrogen-bond donors (Lipinski definition) is 1. The summed E-state index contributed by atoms with van der Waals surface area (Å²) < 4.78 is 26.8. The SMILES string of the molecule is CCCS(=O)(=O)N1CCCC1c1ccc(C(=O)O)c(CCCc2ccccc2)n1. The van der Waals surface area contributed by atoms with Crippen molar-refractivity contribution in [1.29, 1.82) is 0 Å². The summed E-state index contributed by atoms with van der Waals surface area (Å²) in [5.41, 5.74) is 2.59. The Morgan fingerprint density at radius 3 is 2.62 bits per heavy atom. The van der Waals surface area contributed by atoms with Crippen LogP contribution in [0.5, 0.6) is 0 Å². The van der Waals surface area contributed by atoms with Gasteiger partial charge in [-0.3, -0.25) is 4.98 Å². The third-order valence-corrected chi connectivity index (χ3v) is 7.39. The lowest BCUT2D eigenvalue weighted by Crippen LogP contribution is -2.33. The molecule has 1 unspecified atom stereocenters. The van der Waals surface area contributed by atoms with E-state index in [0.29, 0.717) is 37.2 Å². The van der Waals surface area contributed by atoms with E-state index in [0.717, 1.165) is 19.3 Å². The number of pyridine rings is 1. The van der Waals surface area contributed by atoms with E-state index in [-0.39, 0.29) is 17.4 Å². The summed E-state index contributed by atoms with van der Waals surface area (Å²) in [6.07, 6.45) is 4.24. The van der Waals surface area contributed by atoms with Crippen LogP contribution in [0.3, 0.4) is 0 Å². The maximum absolute atomic E-state index is 12.6. The molecule has 156 valence electrons. The highest BCUT2D eigenvalue weighted by molar-refractivity contribution is 7.89. The second-order valence-corrected chi connectivity index (χ2v) is 9.50. The van der Waals surface area contributed by atoms with E-state index in [1.54, 1.807) is 16.4 Å². The average Bonchev–Trinajstić information content (AvgIpc) is 3.19. The van der Waals surface area contributed by atoms with E-state index < -0.39 is 16.0 Å². The lowest BCUT2D eigenvalue weighted by atomic mass is 10.0. The number of aryl methyl sites for hydroxylation is 2. The quantitative estimate of drug-likeness (QED) is 0.671. The maximum Gasteiger partial charge on any atom is 0.337 e. The van der Waals surface area contributed by atoms with Gasteiger partial charge in [-0.05, 0) is 56.2 Å². The Labute approximate surface area is 172 Å². The van der Waals surface area contributed by atoms with Crippen molar-refractivity contribution < 1.29 is 18.3 Å². The maximum atomic E-state index is 12.6. The zero-order valence-corrected chi connectivity index (χ0v) is 17.6. The van der Waals surface area contributed by atoms with Crippen LogP contribution < -0.4 is 0 Å². The molecule has 1 aromatic heterocycles. The van der Waals surface area contributed by atoms with E-state index in [1.165, 1.54) is 5.56 Å². The van der Waals surface area contributed by atoms with E-state index >= 15 is 0 Å². The van der Waals surface area contributed by atoms with Crippen LogP contribution >= 0.6 is 0 Å². The van der Waals surface area contributed by atoms with E-state index in [2.05, 4.69) is 17.1 Å². The predicted molar refractivity (Wildman–Crippen MR) is 112 cm³/mol. The molecule has 0 spiro atoms. The van der Waals surface area contributed by atoms with Gasteiger partial charge in [0, 0.05) is 6.54 Å². The summed E-state index contributed by atoms with van der Waals surface area (Å²) in [6, 6.07) is 13.0. The van der Waals surface area contributed by atoms with Crippen molar-refractivity contribution in [3.8, 4) is 0 Å². The van der Waals surface area contributed by atoms with Crippen LogP contribution in [-0.4, -0.2) is 41.1 Å². The Bertz CT molecular complexity index is 945. The van der Waals surface area contributed by atoms with Crippen molar-refractivity contribution in [3.63, 3.8) is 0 Å². The van der Waals surface area contributed by atoms with Crippen LogP contribution in [0.4, 0.5) is 0 Å². The first-order chi connectivity index (χ1) is 13.9. The number of carboxylic acid groups (broad SMARTS) is 1. The first-order valence-corrected chi connectivity index (χ1v) is 11.8. The fraction of sp³-hybridized carbons (Fsp3) is 0.455. The van der Waals surface area contributed by atoms with Crippen LogP contribution in [0.1, 0.15) is 66.0 Å². The van der Waals surface area contributed by atoms with Gasteiger partial charge < -0.3 is 5.11 Å². The molecule has 1 N–H and O–H groups in total. The number of hydrogen-bond acceptors (Lipinski definition) is 4. The highest BCUT2D eigenvalue weighted by atomic mass is 32.2. The van der Waals surface area contributed by atoms with Gasteiger partial charge in [-0.1, -0.05) is 37.3 Å². The molecular formula is C22H28N2O4S. The Morgan fingerprint density at radius 1 is 1.17 bits per heavy atom. The molecule has 0 saturated carbocycles. The van der Waals surface area contributed by atoms with Crippen LogP contribution in [0.2, 0.25) is 0 Å². The summed E-state index contributed by atoms with van der Waals surface area (Å²) in [4.78, 5) is 16.3. The van der Waals surface area contributed by atoms with Gasteiger partial charge in [0.2, 0.25) is 10.0 Å². The smallest absolute Gasteiger partial charge is 0.337 e. The Hall–Kier alpha value is -2.25. The first kappa shape index (κ1) is 21.5. The number of nitrogens with zero attached hydrogens (tertiary/aromatic N) is 2. The molecule has 2 aromatic rings. The Kier molecular flexibility index (Phi) is 7.03. The number of benzene rings is 1. The summed E-state index contributed by atoms with van der Waals surface area (Å²) in [6.45, 7) is 2.35. The average molecular weight is 417 g/mol. The first-order valence-electron chi connectivity index (χ1n) is 10.2. The second kappa shape index (κ2) is 9.50. The molecular weight excluding hydrogens is 388 g/mol. The molecule has 0 bridgehead atoms. The normalized spacial score (nSPS) is 17.5. The molecule has 1 aromatic carbocycles. The van der Waals surface area contributed by atoms with Gasteiger partial charge in [0.1, 0.15) is 0 Å². The molecule has 0 aliphatic carbocycles. The van der Waals surface area contributed by atoms with Crippen molar-refractivity contribution >= 4 is 16.0 Å². The molecule has 29 heavy (non-hydrogen) atoms. The minimum atomic E-state index is -3.32. The highest BCUT2D eigenvalue weighted by Crippen LogP contribution is 2.34. The molecule has 2 heterocycles.